The van der Waals surface area contributed by atoms with Crippen molar-refractivity contribution in [2.45, 2.75) is 37.7 Å². The molecule has 0 bridgehead atoms. The molecule has 0 aliphatic carbocycles. The number of nitrogens with one attached hydrogen (secondary N) is 1. The standard InChI is InChI=1S/C22H21F3N6O2/c1-12-5-13-6-15(28-21(32)14-8-27-31-4-2-3-26-20(14)31)16(7-19(13)33-12)30-10-17-18(30)9-29(17)11-22(23,24)25/h2-4,6-8,12,17-18H,5,9-11H2,1H3,(H,28,32). The van der Waals surface area contributed by atoms with Crippen LogP contribution in [-0.2, 0) is 6.42 Å². The molecule has 2 fully saturated rings. The molecule has 172 valence electrons. The van der Waals surface area contributed by atoms with Crippen LogP contribution in [0.3, 0.4) is 0 Å². The Balaban J connectivity index is 1.28. The number of halogens is 3. The molecule has 3 aromatic rings. The highest BCUT2D eigenvalue weighted by molar-refractivity contribution is 6.09. The third kappa shape index (κ3) is 3.38. The van der Waals surface area contributed by atoms with Gasteiger partial charge in [0, 0.05) is 49.6 Å². The van der Waals surface area contributed by atoms with Gasteiger partial charge in [-0.25, -0.2) is 9.50 Å². The molecule has 0 radical (unpaired) electrons. The van der Waals surface area contributed by atoms with Crippen molar-refractivity contribution in [1.82, 2.24) is 19.5 Å². The number of piperazine rings is 1. The maximum atomic E-state index is 13.1. The normalized spacial score (nSPS) is 24.0. The molecular formula is C22H21F3N6O2. The second-order valence-corrected chi connectivity index (χ2v) is 8.84. The molecule has 3 aliphatic heterocycles. The van der Waals surface area contributed by atoms with E-state index in [1.165, 1.54) is 15.6 Å². The highest BCUT2D eigenvalue weighted by Crippen LogP contribution is 2.45. The Kier molecular flexibility index (Phi) is 4.35. The minimum Gasteiger partial charge on any atom is -0.490 e. The SMILES string of the molecule is CC1Cc2cc(NC(=O)c3cnn4cccnc34)c(N3CC4C3CN4CC(F)(F)F)cc2O1. The maximum absolute atomic E-state index is 13.1. The van der Waals surface area contributed by atoms with Gasteiger partial charge in [0.25, 0.3) is 5.91 Å². The number of amides is 1. The van der Waals surface area contributed by atoms with Crippen LogP contribution in [0.5, 0.6) is 5.75 Å². The quantitative estimate of drug-likeness (QED) is 0.648. The van der Waals surface area contributed by atoms with E-state index in [1.807, 2.05) is 24.0 Å². The maximum Gasteiger partial charge on any atom is 0.401 e. The summed E-state index contributed by atoms with van der Waals surface area (Å²) in [4.78, 5) is 20.9. The summed E-state index contributed by atoms with van der Waals surface area (Å²) in [6.45, 7) is 1.89. The van der Waals surface area contributed by atoms with Crippen molar-refractivity contribution in [1.29, 1.82) is 0 Å². The predicted octanol–water partition coefficient (Wildman–Crippen LogP) is 2.74. The molecule has 1 aromatic carbocycles. The fraction of sp³-hybridized carbons (Fsp3) is 0.409. The molecule has 0 spiro atoms. The molecule has 33 heavy (non-hydrogen) atoms. The van der Waals surface area contributed by atoms with Crippen LogP contribution in [0.2, 0.25) is 0 Å². The van der Waals surface area contributed by atoms with Gasteiger partial charge in [0.2, 0.25) is 0 Å². The molecule has 1 amide bonds. The minimum absolute atomic E-state index is 0.0153. The van der Waals surface area contributed by atoms with E-state index in [9.17, 15) is 18.0 Å². The van der Waals surface area contributed by atoms with Crippen LogP contribution in [0.15, 0.2) is 36.8 Å². The van der Waals surface area contributed by atoms with E-state index in [2.05, 4.69) is 15.4 Å². The number of hydrogen-bond donors (Lipinski definition) is 1. The summed E-state index contributed by atoms with van der Waals surface area (Å²) in [6, 6.07) is 5.38. The molecule has 2 saturated heterocycles. The van der Waals surface area contributed by atoms with Crippen LogP contribution in [0.1, 0.15) is 22.8 Å². The zero-order chi connectivity index (χ0) is 22.9. The second-order valence-electron chi connectivity index (χ2n) is 8.84. The molecule has 11 heteroatoms. The Morgan fingerprint density at radius 2 is 2.12 bits per heavy atom. The molecule has 2 aromatic heterocycles. The van der Waals surface area contributed by atoms with E-state index >= 15 is 0 Å². The Bertz CT molecular complexity index is 1260. The van der Waals surface area contributed by atoms with Crippen LogP contribution in [0, 0.1) is 0 Å². The summed E-state index contributed by atoms with van der Waals surface area (Å²) in [6.07, 6.45) is 1.32. The number of benzene rings is 1. The van der Waals surface area contributed by atoms with E-state index in [1.54, 1.807) is 18.5 Å². The highest BCUT2D eigenvalue weighted by atomic mass is 19.4. The molecule has 0 saturated carbocycles. The molecule has 5 heterocycles. The lowest BCUT2D eigenvalue weighted by molar-refractivity contribution is -0.170. The number of nitrogens with zero attached hydrogens (tertiary/aromatic N) is 5. The van der Waals surface area contributed by atoms with Crippen molar-refractivity contribution in [2.75, 3.05) is 29.9 Å². The second kappa shape index (κ2) is 7.08. The van der Waals surface area contributed by atoms with Crippen molar-refractivity contribution >= 4 is 22.9 Å². The number of hydrogen-bond acceptors (Lipinski definition) is 6. The van der Waals surface area contributed by atoms with Crippen molar-refractivity contribution in [3.63, 3.8) is 0 Å². The van der Waals surface area contributed by atoms with Crippen molar-refractivity contribution in [3.8, 4) is 5.75 Å². The van der Waals surface area contributed by atoms with Gasteiger partial charge >= 0.3 is 6.18 Å². The van der Waals surface area contributed by atoms with E-state index in [4.69, 9.17) is 4.74 Å². The van der Waals surface area contributed by atoms with Gasteiger partial charge in [-0.3, -0.25) is 9.69 Å². The zero-order valence-corrected chi connectivity index (χ0v) is 17.7. The highest BCUT2D eigenvalue weighted by Gasteiger charge is 2.54. The Hall–Kier alpha value is -3.34. The molecule has 8 nitrogen and oxygen atoms in total. The zero-order valence-electron chi connectivity index (χ0n) is 17.7. The number of rotatable bonds is 4. The molecule has 3 unspecified atom stereocenters. The van der Waals surface area contributed by atoms with E-state index < -0.39 is 12.7 Å². The summed E-state index contributed by atoms with van der Waals surface area (Å²) < 4.78 is 45.8. The van der Waals surface area contributed by atoms with E-state index in [0.29, 0.717) is 30.0 Å². The molecular weight excluding hydrogens is 437 g/mol. The van der Waals surface area contributed by atoms with E-state index in [-0.39, 0.29) is 24.1 Å². The van der Waals surface area contributed by atoms with Crippen LogP contribution in [0.4, 0.5) is 24.5 Å². The third-order valence-corrected chi connectivity index (χ3v) is 6.60. The van der Waals surface area contributed by atoms with Crippen molar-refractivity contribution in [2.24, 2.45) is 0 Å². The van der Waals surface area contributed by atoms with Crippen LogP contribution in [0.25, 0.3) is 5.65 Å². The lowest BCUT2D eigenvalue weighted by atomic mass is 9.84. The van der Waals surface area contributed by atoms with Crippen molar-refractivity contribution < 1.29 is 22.7 Å². The third-order valence-electron chi connectivity index (χ3n) is 6.60. The first-order valence-corrected chi connectivity index (χ1v) is 10.8. The number of aromatic nitrogens is 3. The molecule has 3 aliphatic rings. The molecule has 1 N–H and O–H groups in total. The minimum atomic E-state index is -4.20. The van der Waals surface area contributed by atoms with Crippen molar-refractivity contribution in [3.05, 3.63) is 47.9 Å². The van der Waals surface area contributed by atoms with Gasteiger partial charge in [0.05, 0.1) is 30.2 Å². The van der Waals surface area contributed by atoms with Gasteiger partial charge in [0.15, 0.2) is 5.65 Å². The lowest BCUT2D eigenvalue weighted by Gasteiger charge is -2.63. The average molecular weight is 458 g/mol. The topological polar surface area (TPSA) is 75.0 Å². The van der Waals surface area contributed by atoms with Gasteiger partial charge in [-0.1, -0.05) is 0 Å². The van der Waals surface area contributed by atoms with Crippen LogP contribution < -0.4 is 15.0 Å². The van der Waals surface area contributed by atoms with Gasteiger partial charge in [-0.2, -0.15) is 18.3 Å². The Morgan fingerprint density at radius 3 is 2.88 bits per heavy atom. The summed E-state index contributed by atoms with van der Waals surface area (Å²) in [5.74, 6) is 0.407. The van der Waals surface area contributed by atoms with Gasteiger partial charge in [0.1, 0.15) is 17.4 Å². The van der Waals surface area contributed by atoms with Gasteiger partial charge in [-0.15, -0.1) is 0 Å². The summed E-state index contributed by atoms with van der Waals surface area (Å²) in [5, 5.41) is 7.15. The first-order chi connectivity index (χ1) is 15.8. The predicted molar refractivity (Wildman–Crippen MR) is 114 cm³/mol. The molecule has 6 rings (SSSR count). The number of anilines is 2. The largest absolute Gasteiger partial charge is 0.490 e. The first-order valence-electron chi connectivity index (χ1n) is 10.8. The number of carbonyl (C=O) groups is 1. The number of likely N-dealkylation sites (tertiary alicyclic amines) is 1. The summed E-state index contributed by atoms with van der Waals surface area (Å²) in [7, 11) is 0. The molecule has 3 atom stereocenters. The number of fused-ring (bicyclic) bond motifs is 3. The van der Waals surface area contributed by atoms with Gasteiger partial charge < -0.3 is 15.0 Å². The average Bonchev–Trinajstić information content (AvgIpc) is 3.32. The van der Waals surface area contributed by atoms with E-state index in [0.717, 1.165) is 23.4 Å². The Labute approximate surface area is 186 Å². The lowest BCUT2D eigenvalue weighted by Crippen LogP contribution is -2.79. The fourth-order valence-corrected chi connectivity index (χ4v) is 5.00. The van der Waals surface area contributed by atoms with Crippen LogP contribution in [-0.4, -0.2) is 69.4 Å². The number of ether oxygens (including phenoxy) is 1. The Morgan fingerprint density at radius 1 is 1.27 bits per heavy atom. The summed E-state index contributed by atoms with van der Waals surface area (Å²) in [5.41, 5.74) is 3.14. The monoisotopic (exact) mass is 458 g/mol. The fourth-order valence-electron chi connectivity index (χ4n) is 5.00. The van der Waals surface area contributed by atoms with Gasteiger partial charge in [-0.05, 0) is 19.1 Å². The summed E-state index contributed by atoms with van der Waals surface area (Å²) >= 11 is 0. The first kappa shape index (κ1) is 20.3. The number of alkyl halides is 3. The smallest absolute Gasteiger partial charge is 0.401 e. The number of carbonyl (C=O) groups excluding carboxylic acids is 1. The van der Waals surface area contributed by atoms with Crippen LogP contribution >= 0.6 is 0 Å².